The van der Waals surface area contributed by atoms with Crippen LogP contribution in [-0.4, -0.2) is 37.2 Å². The number of unbranched alkanes of at least 4 members (excludes halogenated alkanes) is 26. The zero-order valence-electron chi connectivity index (χ0n) is 46.5. The van der Waals surface area contributed by atoms with Gasteiger partial charge in [-0.1, -0.05) is 253 Å². The van der Waals surface area contributed by atoms with E-state index in [2.05, 4.69) is 118 Å². The molecule has 0 saturated heterocycles. The second kappa shape index (κ2) is 58.9. The highest BCUT2D eigenvalue weighted by Gasteiger charge is 2.19. The van der Waals surface area contributed by atoms with Gasteiger partial charge in [-0.25, -0.2) is 0 Å². The molecule has 0 heterocycles. The third-order valence-electron chi connectivity index (χ3n) is 12.6. The van der Waals surface area contributed by atoms with Crippen molar-refractivity contribution in [1.29, 1.82) is 0 Å². The Bertz CT molecular complexity index is 1410. The molecule has 1 atom stereocenters. The highest BCUT2D eigenvalue weighted by molar-refractivity contribution is 5.71. The maximum atomic E-state index is 12.9. The third-order valence-corrected chi connectivity index (χ3v) is 12.6. The van der Waals surface area contributed by atoms with Gasteiger partial charge in [-0.05, 0) is 103 Å². The summed E-state index contributed by atoms with van der Waals surface area (Å²) in [5, 5.41) is 0. The highest BCUT2D eigenvalue weighted by atomic mass is 16.6. The fourth-order valence-corrected chi connectivity index (χ4v) is 8.12. The molecule has 0 aromatic carbocycles. The van der Waals surface area contributed by atoms with Crippen molar-refractivity contribution in [3.63, 3.8) is 0 Å². The molecule has 0 amide bonds. The van der Waals surface area contributed by atoms with Crippen molar-refractivity contribution < 1.29 is 28.6 Å². The lowest BCUT2D eigenvalue weighted by Gasteiger charge is -2.18. The van der Waals surface area contributed by atoms with Gasteiger partial charge < -0.3 is 14.2 Å². The molecule has 0 aliphatic heterocycles. The summed E-state index contributed by atoms with van der Waals surface area (Å²) >= 11 is 0. The van der Waals surface area contributed by atoms with E-state index < -0.39 is 6.10 Å². The Morgan fingerprint density at radius 1 is 0.296 bits per heavy atom. The second-order valence-corrected chi connectivity index (χ2v) is 19.5. The van der Waals surface area contributed by atoms with Crippen LogP contribution in [0.5, 0.6) is 0 Å². The number of hydrogen-bond acceptors (Lipinski definition) is 6. The Hall–Kier alpha value is -3.67. The van der Waals surface area contributed by atoms with Crippen LogP contribution >= 0.6 is 0 Å². The molecule has 6 nitrogen and oxygen atoms in total. The summed E-state index contributed by atoms with van der Waals surface area (Å²) in [5.41, 5.74) is 0. The number of carbonyl (C=O) groups excluding carboxylic acids is 3. The molecule has 71 heavy (non-hydrogen) atoms. The van der Waals surface area contributed by atoms with E-state index in [4.69, 9.17) is 14.2 Å². The van der Waals surface area contributed by atoms with Crippen LogP contribution in [0.25, 0.3) is 0 Å². The molecular weight excluding hydrogens is 877 g/mol. The van der Waals surface area contributed by atoms with Crippen molar-refractivity contribution in [3.05, 3.63) is 97.2 Å². The molecule has 0 aliphatic carbocycles. The Labute approximate surface area is 438 Å². The molecule has 0 radical (unpaired) electrons. The van der Waals surface area contributed by atoms with Crippen molar-refractivity contribution in [2.45, 2.75) is 284 Å². The van der Waals surface area contributed by atoms with Crippen LogP contribution in [0.15, 0.2) is 97.2 Å². The Morgan fingerprint density at radius 3 is 0.873 bits per heavy atom. The molecule has 0 N–H and O–H groups in total. The summed E-state index contributed by atoms with van der Waals surface area (Å²) in [4.78, 5) is 38.2. The maximum Gasteiger partial charge on any atom is 0.306 e. The van der Waals surface area contributed by atoms with E-state index in [9.17, 15) is 14.4 Å². The first-order valence-corrected chi connectivity index (χ1v) is 29.7. The minimum absolute atomic E-state index is 0.0900. The number of ether oxygens (including phenoxy) is 3. The fraction of sp³-hybridized carbons (Fsp3) is 0.708. The highest BCUT2D eigenvalue weighted by Crippen LogP contribution is 2.15. The van der Waals surface area contributed by atoms with Crippen LogP contribution in [0.2, 0.25) is 0 Å². The van der Waals surface area contributed by atoms with Crippen molar-refractivity contribution in [1.82, 2.24) is 0 Å². The molecule has 0 aliphatic rings. The van der Waals surface area contributed by atoms with E-state index in [0.717, 1.165) is 135 Å². The van der Waals surface area contributed by atoms with E-state index in [1.807, 2.05) is 0 Å². The van der Waals surface area contributed by atoms with Crippen LogP contribution in [0.4, 0.5) is 0 Å². The largest absolute Gasteiger partial charge is 0.462 e. The number of esters is 3. The average molecular weight is 988 g/mol. The Balaban J connectivity index is 4.43. The van der Waals surface area contributed by atoms with Crippen molar-refractivity contribution >= 4 is 17.9 Å². The Morgan fingerprint density at radius 2 is 0.549 bits per heavy atom. The molecule has 0 fully saturated rings. The lowest BCUT2D eigenvalue weighted by Crippen LogP contribution is -2.30. The zero-order valence-corrected chi connectivity index (χ0v) is 46.5. The van der Waals surface area contributed by atoms with E-state index >= 15 is 0 Å². The van der Waals surface area contributed by atoms with Gasteiger partial charge in [-0.2, -0.15) is 0 Å². The van der Waals surface area contributed by atoms with Gasteiger partial charge >= 0.3 is 17.9 Å². The summed E-state index contributed by atoms with van der Waals surface area (Å²) < 4.78 is 16.9. The topological polar surface area (TPSA) is 78.9 Å². The predicted octanol–water partition coefficient (Wildman–Crippen LogP) is 20.1. The first-order chi connectivity index (χ1) is 35.0. The summed E-state index contributed by atoms with van der Waals surface area (Å²) in [7, 11) is 0. The summed E-state index contributed by atoms with van der Waals surface area (Å²) in [5.74, 6) is -0.923. The van der Waals surface area contributed by atoms with E-state index in [1.54, 1.807) is 0 Å². The predicted molar refractivity (Wildman–Crippen MR) is 307 cm³/mol. The zero-order chi connectivity index (χ0) is 51.4. The lowest BCUT2D eigenvalue weighted by molar-refractivity contribution is -0.167. The van der Waals surface area contributed by atoms with Gasteiger partial charge in [-0.15, -0.1) is 0 Å². The first-order valence-electron chi connectivity index (χ1n) is 29.7. The van der Waals surface area contributed by atoms with Gasteiger partial charge in [0.15, 0.2) is 6.10 Å². The molecule has 1 unspecified atom stereocenters. The molecule has 0 bridgehead atoms. The normalized spacial score (nSPS) is 12.8. The van der Waals surface area contributed by atoms with Crippen LogP contribution in [0, 0.1) is 0 Å². The number of carbonyl (C=O) groups is 3. The van der Waals surface area contributed by atoms with Gasteiger partial charge in [-0.3, -0.25) is 14.4 Å². The number of rotatable bonds is 53. The van der Waals surface area contributed by atoms with Gasteiger partial charge in [0.25, 0.3) is 0 Å². The van der Waals surface area contributed by atoms with Crippen molar-refractivity contribution in [2.75, 3.05) is 13.2 Å². The van der Waals surface area contributed by atoms with E-state index in [0.29, 0.717) is 19.3 Å². The average Bonchev–Trinajstić information content (AvgIpc) is 3.37. The summed E-state index contributed by atoms with van der Waals surface area (Å²) in [6.07, 6.45) is 78.2. The molecule has 406 valence electrons. The monoisotopic (exact) mass is 987 g/mol. The summed E-state index contributed by atoms with van der Waals surface area (Å²) in [6.45, 7) is 6.49. The van der Waals surface area contributed by atoms with Crippen LogP contribution in [0.1, 0.15) is 278 Å². The Kier molecular flexibility index (Phi) is 55.9. The molecule has 0 saturated carbocycles. The van der Waals surface area contributed by atoms with Crippen LogP contribution in [0.3, 0.4) is 0 Å². The number of hydrogen-bond donors (Lipinski definition) is 0. The SMILES string of the molecule is CC/C=C\C/C=C\C/C=C\C/C=C\C/C=C\C/C=C\CCCCCCC(=O)OCC(COC(=O)CCCCCCCCCCCCCCCC)OC(=O)CCCCCCC/C=C\C/C=C\CCCCCC. The van der Waals surface area contributed by atoms with Crippen LogP contribution < -0.4 is 0 Å². The molecular formula is C65H110O6. The van der Waals surface area contributed by atoms with Crippen LogP contribution in [-0.2, 0) is 28.6 Å². The molecule has 0 aromatic heterocycles. The van der Waals surface area contributed by atoms with E-state index in [-0.39, 0.29) is 31.1 Å². The molecule has 0 rings (SSSR count). The van der Waals surface area contributed by atoms with Crippen molar-refractivity contribution in [2.24, 2.45) is 0 Å². The molecule has 0 aromatic rings. The van der Waals surface area contributed by atoms with Gasteiger partial charge in [0.2, 0.25) is 0 Å². The van der Waals surface area contributed by atoms with Crippen molar-refractivity contribution in [3.8, 4) is 0 Å². The van der Waals surface area contributed by atoms with Gasteiger partial charge in [0.05, 0.1) is 0 Å². The minimum Gasteiger partial charge on any atom is -0.462 e. The summed E-state index contributed by atoms with van der Waals surface area (Å²) in [6, 6.07) is 0. The second-order valence-electron chi connectivity index (χ2n) is 19.5. The number of allylic oxidation sites excluding steroid dienone is 16. The standard InChI is InChI=1S/C65H110O6/c1-4-7-10-13-16-19-22-25-28-30-31-32-33-34-35-36-38-40-43-46-49-52-55-58-64(67)70-61-62(60-69-63(66)57-54-51-48-45-42-39-27-24-21-18-15-12-9-6-3)71-65(68)59-56-53-50-47-44-41-37-29-26-23-20-17-14-11-8-5-2/h7,10,16,19-20,23,25,28-29,31-32,34-35,37-38,40,62H,4-6,8-9,11-15,17-18,21-22,24,26-27,30,33,36,39,41-61H2,1-3H3/b10-7-,19-16-,23-20-,28-25-,32-31-,35-34-,37-29-,40-38-. The van der Waals surface area contributed by atoms with Gasteiger partial charge in [0.1, 0.15) is 13.2 Å². The third kappa shape index (κ3) is 57.1. The molecule has 6 heteroatoms. The fourth-order valence-electron chi connectivity index (χ4n) is 8.12. The van der Waals surface area contributed by atoms with Gasteiger partial charge in [0, 0.05) is 19.3 Å². The molecule has 0 spiro atoms. The maximum absolute atomic E-state index is 12.9. The lowest BCUT2D eigenvalue weighted by atomic mass is 10.0. The quantitative estimate of drug-likeness (QED) is 0.0261. The smallest absolute Gasteiger partial charge is 0.306 e. The minimum atomic E-state index is -0.796. The van der Waals surface area contributed by atoms with E-state index in [1.165, 1.54) is 103 Å². The first kappa shape index (κ1) is 67.3.